The fourth-order valence-corrected chi connectivity index (χ4v) is 14.0. The van der Waals surface area contributed by atoms with Gasteiger partial charge in [0.2, 0.25) is 70.9 Å². The molecule has 3 aromatic carbocycles. The molecule has 30 heteroatoms. The zero-order valence-electron chi connectivity index (χ0n) is 64.0. The average molecular weight is 1490 g/mol. The quantitative estimate of drug-likeness (QED) is 0.159. The van der Waals surface area contributed by atoms with Crippen LogP contribution in [-0.2, 0) is 83.0 Å². The maximum atomic E-state index is 15.7. The number of hydrogen-bond donors (Lipinski definition) is 3. The lowest BCUT2D eigenvalue weighted by Crippen LogP contribution is -2.65. The van der Waals surface area contributed by atoms with Crippen molar-refractivity contribution in [1.82, 2.24) is 60.0 Å². The van der Waals surface area contributed by atoms with E-state index in [1.54, 1.807) is 52.0 Å². The van der Waals surface area contributed by atoms with Crippen molar-refractivity contribution in [3.05, 3.63) is 106 Å². The van der Waals surface area contributed by atoms with E-state index in [-0.39, 0.29) is 62.1 Å². The third-order valence-electron chi connectivity index (χ3n) is 21.4. The summed E-state index contributed by atoms with van der Waals surface area (Å²) in [5, 5.41) is 8.35. The molecule has 24 nitrogen and oxygen atoms in total. The molecule has 2 aliphatic heterocycles. The second-order valence-corrected chi connectivity index (χ2v) is 29.6. The highest BCUT2D eigenvalue weighted by Gasteiger charge is 2.51. The van der Waals surface area contributed by atoms with E-state index < -0.39 is 204 Å². The van der Waals surface area contributed by atoms with Crippen molar-refractivity contribution in [2.45, 2.75) is 205 Å². The number of hydrogen-bond acceptors (Lipinski definition) is 12. The number of carbonyl (C=O) groups is 12. The standard InChI is InChI=1S/C76H106F6N12O12/c1-18-45(6)63-72(104)88(12)47(8)67(99)94-35-32-55(94)71(103)91(15)58(40-48-24-22-44(5)23-25-48)70(102)87(11)42-60(95)83-54(31-28-50-37-52(78)62(53(79)38-50)76(80,81)82)68(100)90(14)57(39-49-26-29-51(77)30-27-49)66(98)85-75(33-20-21-34-75)74(106)93(17)64(46(7)19-2)73(105)92(16)59(69(101)86(9)10)41-61(96)89(13)56(36-43(3)4)65(97)84-63/h22-27,29-30,37-38,43,45-47,54-59,63-64H,18-21,28,31-36,39-42H2,1-17H3,(H,83,95)(H,84,97)(H,85,98)/t45-,46-,47-,54-,55-,56-,57-,58-,59-,63-,64-/m0/s1. The van der Waals surface area contributed by atoms with Gasteiger partial charge in [0.15, 0.2) is 0 Å². The summed E-state index contributed by atoms with van der Waals surface area (Å²) in [6.45, 7) is 13.1. The largest absolute Gasteiger partial charge is 0.422 e. The van der Waals surface area contributed by atoms with Gasteiger partial charge in [0.05, 0.1) is 13.0 Å². The van der Waals surface area contributed by atoms with Crippen molar-refractivity contribution in [2.24, 2.45) is 17.8 Å². The maximum Gasteiger partial charge on any atom is 0.422 e. The SMILES string of the molecule is CC[C@H](C)[C@@H]1NC(=O)[C@H](CC(C)C)N(C)C(=O)C[C@@H](C(=O)N(C)C)N(C)C(=O)[C@H]([C@@H](C)CC)N(C)C(=O)C2(CCCC2)NC(=O)[C@H](Cc2ccc(F)cc2)N(C)C(=O)[C@H](CCc2cc(F)c(C(F)(F)F)c(F)c2)NC(=O)CN(C)C(=O)[C@H](Cc2ccc(C)cc2)N(C)C(=O)[C@@H]2CCN2C(=O)[C@H](C)N(C)C1=O. The van der Waals surface area contributed by atoms with Crippen LogP contribution >= 0.6 is 0 Å². The molecule has 1 spiro atoms. The smallest absolute Gasteiger partial charge is 0.347 e. The van der Waals surface area contributed by atoms with Crippen LogP contribution in [0.4, 0.5) is 26.3 Å². The molecule has 106 heavy (non-hydrogen) atoms. The van der Waals surface area contributed by atoms with Crippen molar-refractivity contribution >= 4 is 70.9 Å². The first-order valence-electron chi connectivity index (χ1n) is 36.2. The van der Waals surface area contributed by atoms with Gasteiger partial charge in [0.25, 0.3) is 0 Å². The number of rotatable bonds is 14. The minimum atomic E-state index is -5.44. The normalized spacial score (nSPS) is 24.6. The van der Waals surface area contributed by atoms with E-state index in [0.717, 1.165) is 47.1 Å². The number of likely N-dealkylation sites (N-methyl/N-ethyl adjacent to an activating group) is 8. The highest BCUT2D eigenvalue weighted by molar-refractivity contribution is 6.01. The van der Waals surface area contributed by atoms with Gasteiger partial charge in [0, 0.05) is 82.8 Å². The first-order chi connectivity index (χ1) is 49.5. The van der Waals surface area contributed by atoms with Crippen LogP contribution in [0.25, 0.3) is 0 Å². The maximum absolute atomic E-state index is 15.7. The molecule has 0 bridgehead atoms. The summed E-state index contributed by atoms with van der Waals surface area (Å²) in [6, 6.07) is -0.0102. The molecule has 0 unspecified atom stereocenters. The number of fused-ring (bicyclic) bond motifs is 1. The van der Waals surface area contributed by atoms with Gasteiger partial charge in [-0.1, -0.05) is 109 Å². The van der Waals surface area contributed by atoms with E-state index in [2.05, 4.69) is 16.0 Å². The van der Waals surface area contributed by atoms with Crippen LogP contribution in [0.5, 0.6) is 0 Å². The molecule has 0 radical (unpaired) electrons. The Morgan fingerprint density at radius 2 is 1.17 bits per heavy atom. The number of aryl methyl sites for hydroxylation is 2. The van der Waals surface area contributed by atoms with Gasteiger partial charge in [-0.3, -0.25) is 57.5 Å². The third-order valence-corrected chi connectivity index (χ3v) is 21.4. The second kappa shape index (κ2) is 36.5. The summed E-state index contributed by atoms with van der Waals surface area (Å²) in [4.78, 5) is 190. The summed E-state index contributed by atoms with van der Waals surface area (Å²) >= 11 is 0. The Bertz CT molecular complexity index is 3680. The average Bonchev–Trinajstić information content (AvgIpc) is 1.16. The Hall–Kier alpha value is -9.12. The highest BCUT2D eigenvalue weighted by atomic mass is 19.4. The summed E-state index contributed by atoms with van der Waals surface area (Å²) in [5.41, 5.74) is -2.65. The molecule has 3 aliphatic rings. The number of nitrogens with zero attached hydrogens (tertiary/aromatic N) is 9. The first-order valence-corrected chi connectivity index (χ1v) is 36.2. The predicted octanol–water partition coefficient (Wildman–Crippen LogP) is 5.92. The van der Waals surface area contributed by atoms with Crippen LogP contribution in [0, 0.1) is 42.1 Å². The van der Waals surface area contributed by atoms with Gasteiger partial charge in [-0.15, -0.1) is 0 Å². The van der Waals surface area contributed by atoms with Crippen molar-refractivity contribution < 1.29 is 83.9 Å². The van der Waals surface area contributed by atoms with Crippen molar-refractivity contribution in [3.63, 3.8) is 0 Å². The summed E-state index contributed by atoms with van der Waals surface area (Å²) < 4.78 is 86.5. The van der Waals surface area contributed by atoms with Gasteiger partial charge < -0.3 is 60.0 Å². The Kier molecular flexibility index (Phi) is 29.5. The lowest BCUT2D eigenvalue weighted by atomic mass is 9.90. The van der Waals surface area contributed by atoms with Crippen molar-refractivity contribution in [2.75, 3.05) is 76.5 Å². The number of nitrogens with one attached hydrogen (secondary N) is 3. The highest BCUT2D eigenvalue weighted by Crippen LogP contribution is 2.36. The Morgan fingerprint density at radius 1 is 0.623 bits per heavy atom. The van der Waals surface area contributed by atoms with Gasteiger partial charge in [0.1, 0.15) is 82.9 Å². The van der Waals surface area contributed by atoms with E-state index in [1.165, 1.54) is 97.2 Å². The molecule has 11 atom stereocenters. The first kappa shape index (κ1) is 85.8. The molecular formula is C76H106F6N12O12. The summed E-state index contributed by atoms with van der Waals surface area (Å²) in [5.74, 6) is -15.7. The molecule has 2 saturated heterocycles. The summed E-state index contributed by atoms with van der Waals surface area (Å²) in [7, 11) is 12.0. The fourth-order valence-electron chi connectivity index (χ4n) is 14.0. The van der Waals surface area contributed by atoms with Crippen LogP contribution in [-0.4, -0.2) is 251 Å². The van der Waals surface area contributed by atoms with Crippen LogP contribution in [0.15, 0.2) is 60.7 Å². The number of benzene rings is 3. The third kappa shape index (κ3) is 20.3. The lowest BCUT2D eigenvalue weighted by molar-refractivity contribution is -0.160. The van der Waals surface area contributed by atoms with Crippen LogP contribution < -0.4 is 16.0 Å². The fraction of sp³-hybridized carbons (Fsp3) is 0.605. The number of amides is 12. The lowest BCUT2D eigenvalue weighted by Gasteiger charge is -2.45. The van der Waals surface area contributed by atoms with Gasteiger partial charge in [-0.2, -0.15) is 13.2 Å². The molecule has 2 heterocycles. The van der Waals surface area contributed by atoms with E-state index in [1.807, 2.05) is 20.8 Å². The van der Waals surface area contributed by atoms with Gasteiger partial charge in [-0.25, -0.2) is 13.2 Å². The van der Waals surface area contributed by atoms with Crippen LogP contribution in [0.3, 0.4) is 0 Å². The minimum Gasteiger partial charge on any atom is -0.347 e. The van der Waals surface area contributed by atoms with Crippen molar-refractivity contribution in [3.8, 4) is 0 Å². The molecule has 1 aliphatic carbocycles. The molecular weight excluding hydrogens is 1390 g/mol. The van der Waals surface area contributed by atoms with Crippen LogP contribution in [0.1, 0.15) is 140 Å². The molecule has 3 N–H and O–H groups in total. The molecule has 6 rings (SSSR count). The molecule has 3 fully saturated rings. The van der Waals surface area contributed by atoms with Crippen molar-refractivity contribution in [1.29, 1.82) is 0 Å². The van der Waals surface area contributed by atoms with Gasteiger partial charge in [-0.05, 0) is 111 Å². The number of carbonyl (C=O) groups excluding carboxylic acids is 12. The Labute approximate surface area is 617 Å². The van der Waals surface area contributed by atoms with E-state index in [9.17, 15) is 51.1 Å². The zero-order chi connectivity index (χ0) is 79.5. The Morgan fingerprint density at radius 3 is 1.69 bits per heavy atom. The van der Waals surface area contributed by atoms with Crippen LogP contribution in [0.2, 0.25) is 0 Å². The van der Waals surface area contributed by atoms with E-state index in [4.69, 9.17) is 0 Å². The molecule has 1 saturated carbocycles. The second-order valence-electron chi connectivity index (χ2n) is 29.6. The molecule has 12 amide bonds. The monoisotopic (exact) mass is 1490 g/mol. The van der Waals surface area contributed by atoms with E-state index in [0.29, 0.717) is 37.0 Å². The minimum absolute atomic E-state index is 0.00439. The summed E-state index contributed by atoms with van der Waals surface area (Å²) in [6.07, 6.45) is -6.29. The number of halogens is 6. The number of alkyl halides is 3. The Balaban J connectivity index is 1.51. The predicted molar refractivity (Wildman–Crippen MR) is 382 cm³/mol. The molecule has 3 aromatic rings. The topological polar surface area (TPSA) is 270 Å². The molecule has 0 aromatic heterocycles. The zero-order valence-corrected chi connectivity index (χ0v) is 64.0. The van der Waals surface area contributed by atoms with E-state index >= 15 is 32.8 Å². The van der Waals surface area contributed by atoms with Gasteiger partial charge >= 0.3 is 6.18 Å². The molecule has 584 valence electrons.